The van der Waals surface area contributed by atoms with E-state index in [1.54, 1.807) is 24.3 Å². The molecule has 1 fully saturated rings. The van der Waals surface area contributed by atoms with Gasteiger partial charge in [0.1, 0.15) is 6.10 Å². The highest BCUT2D eigenvalue weighted by Gasteiger charge is 2.22. The summed E-state index contributed by atoms with van der Waals surface area (Å²) < 4.78 is 5.42. The maximum Gasteiger partial charge on any atom is 0.254 e. The summed E-state index contributed by atoms with van der Waals surface area (Å²) in [5.41, 5.74) is 1.31. The predicted octanol–water partition coefficient (Wildman–Crippen LogP) is 2.30. The molecule has 2 N–H and O–H groups in total. The van der Waals surface area contributed by atoms with E-state index in [4.69, 9.17) is 4.74 Å². The van der Waals surface area contributed by atoms with Crippen LogP contribution in [0, 0.1) is 0 Å². The van der Waals surface area contributed by atoms with Gasteiger partial charge in [0.05, 0.1) is 6.61 Å². The van der Waals surface area contributed by atoms with Crippen molar-refractivity contribution in [3.63, 3.8) is 0 Å². The Bertz CT molecular complexity index is 539. The standard InChI is InChI=1S/C18H27N3O3.ClH/c1-3-10-21(11-4-2)18(23)14-5-7-15(8-6-14)20-17(22)16-13-19-9-12-24-16;/h5-8,16,19H,3-4,9-13H2,1-2H3,(H,20,22);1H. The van der Waals surface area contributed by atoms with E-state index in [0.29, 0.717) is 24.4 Å². The summed E-state index contributed by atoms with van der Waals surface area (Å²) in [7, 11) is 0. The molecule has 1 unspecified atom stereocenters. The van der Waals surface area contributed by atoms with E-state index >= 15 is 0 Å². The molecule has 1 aromatic rings. The molecule has 1 atom stereocenters. The molecule has 7 heteroatoms. The van der Waals surface area contributed by atoms with Crippen molar-refractivity contribution in [2.24, 2.45) is 0 Å². The lowest BCUT2D eigenvalue weighted by Crippen LogP contribution is -2.45. The zero-order valence-electron chi connectivity index (χ0n) is 14.9. The van der Waals surface area contributed by atoms with Crippen LogP contribution in [0.25, 0.3) is 0 Å². The third-order valence-electron chi connectivity index (χ3n) is 3.89. The number of benzene rings is 1. The topological polar surface area (TPSA) is 70.7 Å². The molecule has 25 heavy (non-hydrogen) atoms. The maximum absolute atomic E-state index is 12.5. The second kappa shape index (κ2) is 11.1. The molecular weight excluding hydrogens is 342 g/mol. The number of halogens is 1. The van der Waals surface area contributed by atoms with Gasteiger partial charge in [0.15, 0.2) is 0 Å². The number of morpholine rings is 1. The van der Waals surface area contributed by atoms with Crippen LogP contribution in [0.1, 0.15) is 37.0 Å². The minimum atomic E-state index is -0.468. The zero-order chi connectivity index (χ0) is 17.4. The van der Waals surface area contributed by atoms with Gasteiger partial charge >= 0.3 is 0 Å². The highest BCUT2D eigenvalue weighted by Crippen LogP contribution is 2.13. The Kier molecular flexibility index (Phi) is 9.49. The molecule has 0 aromatic heterocycles. The first kappa shape index (κ1) is 21.4. The molecule has 0 saturated carbocycles. The van der Waals surface area contributed by atoms with Gasteiger partial charge in [-0.25, -0.2) is 0 Å². The van der Waals surface area contributed by atoms with Gasteiger partial charge in [-0.2, -0.15) is 0 Å². The fraction of sp³-hybridized carbons (Fsp3) is 0.556. The normalized spacial score (nSPS) is 16.6. The van der Waals surface area contributed by atoms with Gasteiger partial charge in [0.2, 0.25) is 0 Å². The van der Waals surface area contributed by atoms with Crippen LogP contribution >= 0.6 is 12.4 Å². The number of carbonyl (C=O) groups excluding carboxylic acids is 2. The van der Waals surface area contributed by atoms with E-state index < -0.39 is 6.10 Å². The van der Waals surface area contributed by atoms with E-state index in [1.165, 1.54) is 0 Å². The van der Waals surface area contributed by atoms with Crippen molar-refractivity contribution in [3.05, 3.63) is 29.8 Å². The number of rotatable bonds is 7. The van der Waals surface area contributed by atoms with Crippen molar-refractivity contribution >= 4 is 29.9 Å². The van der Waals surface area contributed by atoms with Gasteiger partial charge in [0.25, 0.3) is 11.8 Å². The molecule has 1 heterocycles. The molecule has 140 valence electrons. The van der Waals surface area contributed by atoms with Gasteiger partial charge in [-0.15, -0.1) is 12.4 Å². The minimum absolute atomic E-state index is 0. The first-order valence-corrected chi connectivity index (χ1v) is 8.68. The lowest BCUT2D eigenvalue weighted by Gasteiger charge is -2.23. The first-order valence-electron chi connectivity index (χ1n) is 8.68. The van der Waals surface area contributed by atoms with Gasteiger partial charge in [-0.05, 0) is 37.1 Å². The van der Waals surface area contributed by atoms with Crippen LogP contribution in [0.2, 0.25) is 0 Å². The maximum atomic E-state index is 12.5. The lowest BCUT2D eigenvalue weighted by atomic mass is 10.1. The molecule has 0 spiro atoms. The average molecular weight is 370 g/mol. The van der Waals surface area contributed by atoms with Crippen molar-refractivity contribution in [2.45, 2.75) is 32.8 Å². The van der Waals surface area contributed by atoms with Crippen molar-refractivity contribution in [3.8, 4) is 0 Å². The fourth-order valence-electron chi connectivity index (χ4n) is 2.69. The first-order chi connectivity index (χ1) is 11.7. The Balaban J connectivity index is 0.00000312. The van der Waals surface area contributed by atoms with Crippen LogP contribution in [0.3, 0.4) is 0 Å². The molecule has 1 saturated heterocycles. The monoisotopic (exact) mass is 369 g/mol. The predicted molar refractivity (Wildman–Crippen MR) is 101 cm³/mol. The summed E-state index contributed by atoms with van der Waals surface area (Å²) in [6.07, 6.45) is 1.41. The minimum Gasteiger partial charge on any atom is -0.366 e. The number of hydrogen-bond donors (Lipinski definition) is 2. The Morgan fingerprint density at radius 1 is 1.20 bits per heavy atom. The molecule has 6 nitrogen and oxygen atoms in total. The van der Waals surface area contributed by atoms with Crippen LogP contribution in [0.15, 0.2) is 24.3 Å². The number of amides is 2. The van der Waals surface area contributed by atoms with Gasteiger partial charge in [-0.3, -0.25) is 9.59 Å². The number of anilines is 1. The smallest absolute Gasteiger partial charge is 0.254 e. The Morgan fingerprint density at radius 3 is 2.36 bits per heavy atom. The summed E-state index contributed by atoms with van der Waals surface area (Å²) in [6, 6.07) is 7.04. The highest BCUT2D eigenvalue weighted by molar-refractivity contribution is 5.97. The van der Waals surface area contributed by atoms with E-state index in [0.717, 1.165) is 32.5 Å². The number of ether oxygens (including phenoxy) is 1. The molecular formula is C18H28ClN3O3. The van der Waals surface area contributed by atoms with E-state index in [2.05, 4.69) is 24.5 Å². The second-order valence-corrected chi connectivity index (χ2v) is 5.92. The van der Waals surface area contributed by atoms with Crippen molar-refractivity contribution in [2.75, 3.05) is 38.1 Å². The largest absolute Gasteiger partial charge is 0.366 e. The summed E-state index contributed by atoms with van der Waals surface area (Å²) in [4.78, 5) is 26.5. The van der Waals surface area contributed by atoms with Crippen molar-refractivity contribution in [1.29, 1.82) is 0 Å². The third-order valence-corrected chi connectivity index (χ3v) is 3.89. The summed E-state index contributed by atoms with van der Waals surface area (Å²) >= 11 is 0. The van der Waals surface area contributed by atoms with Crippen LogP contribution in [0.5, 0.6) is 0 Å². The summed E-state index contributed by atoms with van der Waals surface area (Å²) in [5.74, 6) is -0.128. The molecule has 0 radical (unpaired) electrons. The number of nitrogens with one attached hydrogen (secondary N) is 2. The second-order valence-electron chi connectivity index (χ2n) is 5.92. The van der Waals surface area contributed by atoms with Crippen LogP contribution in [-0.2, 0) is 9.53 Å². The zero-order valence-corrected chi connectivity index (χ0v) is 15.7. The van der Waals surface area contributed by atoms with Crippen LogP contribution in [-0.4, -0.2) is 55.6 Å². The number of hydrogen-bond acceptors (Lipinski definition) is 4. The Labute approximate surface area is 155 Å². The molecule has 2 amide bonds. The van der Waals surface area contributed by atoms with Crippen LogP contribution < -0.4 is 10.6 Å². The third kappa shape index (κ3) is 6.30. The van der Waals surface area contributed by atoms with E-state index in [9.17, 15) is 9.59 Å². The molecule has 1 aliphatic rings. The van der Waals surface area contributed by atoms with Crippen LogP contribution in [0.4, 0.5) is 5.69 Å². The quantitative estimate of drug-likeness (QED) is 0.773. The Hall–Kier alpha value is -1.63. The molecule has 1 aromatic carbocycles. The fourth-order valence-corrected chi connectivity index (χ4v) is 2.69. The summed E-state index contributed by atoms with van der Waals surface area (Å²) in [6.45, 7) is 7.48. The Morgan fingerprint density at radius 2 is 1.84 bits per heavy atom. The van der Waals surface area contributed by atoms with Gasteiger partial charge in [-0.1, -0.05) is 13.8 Å². The summed E-state index contributed by atoms with van der Waals surface area (Å²) in [5, 5.41) is 5.95. The van der Waals surface area contributed by atoms with Crippen molar-refractivity contribution in [1.82, 2.24) is 10.2 Å². The number of carbonyl (C=O) groups is 2. The average Bonchev–Trinajstić information content (AvgIpc) is 2.62. The number of nitrogens with zero attached hydrogens (tertiary/aromatic N) is 1. The van der Waals surface area contributed by atoms with Crippen molar-refractivity contribution < 1.29 is 14.3 Å². The highest BCUT2D eigenvalue weighted by atomic mass is 35.5. The van der Waals surface area contributed by atoms with E-state index in [1.807, 2.05) is 4.90 Å². The molecule has 0 aliphatic carbocycles. The lowest BCUT2D eigenvalue weighted by molar-refractivity contribution is -0.128. The van der Waals surface area contributed by atoms with E-state index in [-0.39, 0.29) is 24.2 Å². The molecule has 2 rings (SSSR count). The van der Waals surface area contributed by atoms with Gasteiger partial charge < -0.3 is 20.3 Å². The molecule has 1 aliphatic heterocycles. The molecule has 0 bridgehead atoms. The SMILES string of the molecule is CCCN(CCC)C(=O)c1ccc(NC(=O)C2CNCCO2)cc1.Cl. The van der Waals surface area contributed by atoms with Gasteiger partial charge in [0, 0.05) is 37.4 Å².